The lowest BCUT2D eigenvalue weighted by molar-refractivity contribution is -0.123. The minimum Gasteiger partial charge on any atom is -0.496 e. The SMILES string of the molecule is COc1cc(C)ccc1OCC(=O)NC(C)c1cc(C)ccc1OC. The molecule has 0 aliphatic heterocycles. The summed E-state index contributed by atoms with van der Waals surface area (Å²) in [4.78, 5) is 12.2. The number of rotatable bonds is 7. The predicted octanol–water partition coefficient (Wildman–Crippen LogP) is 3.58. The molecular formula is C20H25NO4. The van der Waals surface area contributed by atoms with Crippen molar-refractivity contribution in [2.45, 2.75) is 26.8 Å². The smallest absolute Gasteiger partial charge is 0.258 e. The van der Waals surface area contributed by atoms with Gasteiger partial charge in [0.25, 0.3) is 5.91 Å². The molecule has 0 fully saturated rings. The van der Waals surface area contributed by atoms with Crippen LogP contribution in [0.25, 0.3) is 0 Å². The van der Waals surface area contributed by atoms with Gasteiger partial charge in [0.05, 0.1) is 20.3 Å². The van der Waals surface area contributed by atoms with Crippen LogP contribution in [0.1, 0.15) is 29.7 Å². The molecule has 0 saturated heterocycles. The Balaban J connectivity index is 2.00. The van der Waals surface area contributed by atoms with Gasteiger partial charge in [-0.3, -0.25) is 4.79 Å². The molecule has 1 atom stereocenters. The van der Waals surface area contributed by atoms with Crippen molar-refractivity contribution in [3.63, 3.8) is 0 Å². The second-order valence-corrected chi connectivity index (χ2v) is 5.98. The van der Waals surface area contributed by atoms with Crippen LogP contribution in [-0.4, -0.2) is 26.7 Å². The normalized spacial score (nSPS) is 11.6. The number of ether oxygens (including phenoxy) is 3. The van der Waals surface area contributed by atoms with Gasteiger partial charge in [-0.15, -0.1) is 0 Å². The molecule has 0 spiro atoms. The Morgan fingerprint density at radius 2 is 1.56 bits per heavy atom. The molecule has 0 bridgehead atoms. The summed E-state index contributed by atoms with van der Waals surface area (Å²) in [6.07, 6.45) is 0. The van der Waals surface area contributed by atoms with E-state index in [-0.39, 0.29) is 18.6 Å². The second kappa shape index (κ2) is 8.42. The number of carbonyl (C=O) groups excluding carboxylic acids is 1. The first kappa shape index (κ1) is 18.6. The van der Waals surface area contributed by atoms with Crippen LogP contribution in [-0.2, 0) is 4.79 Å². The van der Waals surface area contributed by atoms with E-state index in [1.54, 1.807) is 20.3 Å². The first-order valence-corrected chi connectivity index (χ1v) is 8.16. The van der Waals surface area contributed by atoms with Crippen molar-refractivity contribution in [2.75, 3.05) is 20.8 Å². The maximum Gasteiger partial charge on any atom is 0.258 e. The Kier molecular flexibility index (Phi) is 6.28. The van der Waals surface area contributed by atoms with Gasteiger partial charge in [-0.2, -0.15) is 0 Å². The van der Waals surface area contributed by atoms with Gasteiger partial charge >= 0.3 is 0 Å². The summed E-state index contributed by atoms with van der Waals surface area (Å²) >= 11 is 0. The van der Waals surface area contributed by atoms with Crippen molar-refractivity contribution in [3.8, 4) is 17.2 Å². The van der Waals surface area contributed by atoms with E-state index in [0.29, 0.717) is 11.5 Å². The molecule has 5 heteroatoms. The Labute approximate surface area is 148 Å². The fourth-order valence-electron chi connectivity index (χ4n) is 2.59. The number of benzene rings is 2. The lowest BCUT2D eigenvalue weighted by atomic mass is 10.0. The minimum atomic E-state index is -0.210. The zero-order chi connectivity index (χ0) is 18.4. The number of aryl methyl sites for hydroxylation is 2. The zero-order valence-electron chi connectivity index (χ0n) is 15.4. The molecule has 5 nitrogen and oxygen atoms in total. The largest absolute Gasteiger partial charge is 0.496 e. The number of hydrogen-bond donors (Lipinski definition) is 1. The van der Waals surface area contributed by atoms with E-state index >= 15 is 0 Å². The Morgan fingerprint density at radius 1 is 0.960 bits per heavy atom. The lowest BCUT2D eigenvalue weighted by Gasteiger charge is -2.18. The molecule has 0 aliphatic carbocycles. The molecule has 1 unspecified atom stereocenters. The highest BCUT2D eigenvalue weighted by Crippen LogP contribution is 2.28. The average molecular weight is 343 g/mol. The summed E-state index contributed by atoms with van der Waals surface area (Å²) in [6.45, 7) is 5.81. The van der Waals surface area contributed by atoms with Crippen LogP contribution in [0.5, 0.6) is 17.2 Å². The van der Waals surface area contributed by atoms with Gasteiger partial charge in [0.1, 0.15) is 5.75 Å². The Morgan fingerprint density at radius 3 is 2.20 bits per heavy atom. The van der Waals surface area contributed by atoms with Crippen LogP contribution in [0.15, 0.2) is 36.4 Å². The van der Waals surface area contributed by atoms with Gasteiger partial charge < -0.3 is 19.5 Å². The highest BCUT2D eigenvalue weighted by atomic mass is 16.5. The first-order valence-electron chi connectivity index (χ1n) is 8.16. The van der Waals surface area contributed by atoms with Crippen LogP contribution in [0.4, 0.5) is 0 Å². The highest BCUT2D eigenvalue weighted by Gasteiger charge is 2.15. The minimum absolute atomic E-state index is 0.0854. The quantitative estimate of drug-likeness (QED) is 0.835. The standard InChI is InChI=1S/C20H25NO4/c1-13-6-8-17(23-4)16(10-13)15(3)21-20(22)12-25-18-9-7-14(2)11-19(18)24-5/h6-11,15H,12H2,1-5H3,(H,21,22). The van der Waals surface area contributed by atoms with Gasteiger partial charge in [-0.1, -0.05) is 23.8 Å². The maximum absolute atomic E-state index is 12.2. The highest BCUT2D eigenvalue weighted by molar-refractivity contribution is 5.78. The van der Waals surface area contributed by atoms with Gasteiger partial charge in [-0.05, 0) is 44.5 Å². The van der Waals surface area contributed by atoms with Crippen molar-refractivity contribution in [1.82, 2.24) is 5.32 Å². The van der Waals surface area contributed by atoms with Crippen LogP contribution in [0.3, 0.4) is 0 Å². The molecule has 134 valence electrons. The van der Waals surface area contributed by atoms with Crippen molar-refractivity contribution in [3.05, 3.63) is 53.1 Å². The van der Waals surface area contributed by atoms with E-state index in [9.17, 15) is 4.79 Å². The molecule has 0 saturated carbocycles. The number of methoxy groups -OCH3 is 2. The van der Waals surface area contributed by atoms with Gasteiger partial charge in [0.2, 0.25) is 0 Å². The third-order valence-corrected chi connectivity index (χ3v) is 3.91. The predicted molar refractivity (Wildman–Crippen MR) is 97.5 cm³/mol. The van der Waals surface area contributed by atoms with Crippen LogP contribution >= 0.6 is 0 Å². The summed E-state index contributed by atoms with van der Waals surface area (Å²) in [5.41, 5.74) is 3.11. The summed E-state index contributed by atoms with van der Waals surface area (Å²) in [5.74, 6) is 1.70. The number of amides is 1. The van der Waals surface area contributed by atoms with Crippen LogP contribution < -0.4 is 19.5 Å². The zero-order valence-corrected chi connectivity index (χ0v) is 15.4. The number of carbonyl (C=O) groups is 1. The topological polar surface area (TPSA) is 56.8 Å². The van der Waals surface area contributed by atoms with Gasteiger partial charge in [-0.25, -0.2) is 0 Å². The maximum atomic E-state index is 12.2. The molecule has 0 radical (unpaired) electrons. The molecular weight excluding hydrogens is 318 g/mol. The van der Waals surface area contributed by atoms with Gasteiger partial charge in [0, 0.05) is 5.56 Å². The van der Waals surface area contributed by atoms with Crippen molar-refractivity contribution in [1.29, 1.82) is 0 Å². The first-order chi connectivity index (χ1) is 11.9. The molecule has 25 heavy (non-hydrogen) atoms. The van der Waals surface area contributed by atoms with Crippen LogP contribution in [0.2, 0.25) is 0 Å². The third-order valence-electron chi connectivity index (χ3n) is 3.91. The summed E-state index contributed by atoms with van der Waals surface area (Å²) in [5, 5.41) is 2.93. The summed E-state index contributed by atoms with van der Waals surface area (Å²) in [6, 6.07) is 11.3. The number of nitrogens with one attached hydrogen (secondary N) is 1. The van der Waals surface area contributed by atoms with E-state index in [0.717, 1.165) is 22.4 Å². The molecule has 0 aromatic heterocycles. The van der Waals surface area contributed by atoms with Gasteiger partial charge in [0.15, 0.2) is 18.1 Å². The molecule has 2 aromatic carbocycles. The van der Waals surface area contributed by atoms with Crippen molar-refractivity contribution >= 4 is 5.91 Å². The van der Waals surface area contributed by atoms with E-state index in [4.69, 9.17) is 14.2 Å². The Hall–Kier alpha value is -2.69. The fraction of sp³-hybridized carbons (Fsp3) is 0.350. The third kappa shape index (κ3) is 4.89. The molecule has 1 N–H and O–H groups in total. The molecule has 0 heterocycles. The number of hydrogen-bond acceptors (Lipinski definition) is 4. The van der Waals surface area contributed by atoms with Crippen molar-refractivity contribution in [2.24, 2.45) is 0 Å². The molecule has 2 rings (SSSR count). The molecule has 0 aliphatic rings. The molecule has 2 aromatic rings. The monoisotopic (exact) mass is 343 g/mol. The molecule has 1 amide bonds. The van der Waals surface area contributed by atoms with E-state index in [1.165, 1.54) is 0 Å². The summed E-state index contributed by atoms with van der Waals surface area (Å²) < 4.78 is 16.2. The average Bonchev–Trinajstić information content (AvgIpc) is 2.60. The summed E-state index contributed by atoms with van der Waals surface area (Å²) in [7, 11) is 3.20. The second-order valence-electron chi connectivity index (χ2n) is 5.98. The van der Waals surface area contributed by atoms with E-state index in [1.807, 2.05) is 51.1 Å². The fourth-order valence-corrected chi connectivity index (χ4v) is 2.59. The van der Waals surface area contributed by atoms with E-state index < -0.39 is 0 Å². The van der Waals surface area contributed by atoms with Crippen molar-refractivity contribution < 1.29 is 19.0 Å². The lowest BCUT2D eigenvalue weighted by Crippen LogP contribution is -2.31. The van der Waals surface area contributed by atoms with E-state index in [2.05, 4.69) is 5.32 Å². The van der Waals surface area contributed by atoms with Crippen LogP contribution in [0, 0.1) is 13.8 Å². The Bertz CT molecular complexity index is 742.